The highest BCUT2D eigenvalue weighted by molar-refractivity contribution is 5.96. The van der Waals surface area contributed by atoms with Crippen molar-refractivity contribution in [3.8, 4) is 0 Å². The normalized spacial score (nSPS) is 14.2. The van der Waals surface area contributed by atoms with E-state index in [2.05, 4.69) is 15.7 Å². The van der Waals surface area contributed by atoms with Crippen LogP contribution in [0.15, 0.2) is 30.5 Å². The number of likely N-dealkylation sites (tertiary alicyclic amines) is 1. The summed E-state index contributed by atoms with van der Waals surface area (Å²) in [6.07, 6.45) is 2.90. The minimum Gasteiger partial charge on any atom is -0.465 e. The molecule has 0 spiro atoms. The van der Waals surface area contributed by atoms with Crippen LogP contribution in [0.5, 0.6) is 0 Å². The number of aromatic nitrogens is 3. The summed E-state index contributed by atoms with van der Waals surface area (Å²) in [7, 11) is 0. The fourth-order valence-electron chi connectivity index (χ4n) is 5.32. The van der Waals surface area contributed by atoms with Gasteiger partial charge in [-0.15, -0.1) is 0 Å². The van der Waals surface area contributed by atoms with E-state index < -0.39 is 17.7 Å². The second-order valence-electron chi connectivity index (χ2n) is 11.2. The van der Waals surface area contributed by atoms with Gasteiger partial charge >= 0.3 is 12.1 Å². The molecule has 2 aromatic heterocycles. The number of carboxylic acid groups (broad SMARTS) is 1. The fraction of sp³-hybridized carbons (Fsp3) is 0.483. The number of carbonyl (C=O) groups excluding carboxylic acids is 2. The molecule has 220 valence electrons. The van der Waals surface area contributed by atoms with Gasteiger partial charge in [-0.2, -0.15) is 5.10 Å². The summed E-state index contributed by atoms with van der Waals surface area (Å²) < 4.78 is 1.86. The van der Waals surface area contributed by atoms with E-state index in [-0.39, 0.29) is 18.5 Å². The van der Waals surface area contributed by atoms with Gasteiger partial charge in [-0.05, 0) is 71.2 Å². The molecule has 1 aliphatic rings. The topological polar surface area (TPSA) is 159 Å². The first-order valence-corrected chi connectivity index (χ1v) is 14.0. The van der Waals surface area contributed by atoms with Gasteiger partial charge in [0.05, 0.1) is 17.3 Å². The quantitative estimate of drug-likeness (QED) is 0.319. The van der Waals surface area contributed by atoms with Crippen molar-refractivity contribution in [2.24, 2.45) is 5.73 Å². The number of hydrogen-bond acceptors (Lipinski definition) is 6. The second-order valence-corrected chi connectivity index (χ2v) is 11.2. The Hall–Kier alpha value is -4.35. The number of nitrogens with zero attached hydrogens (tertiary/aromatic N) is 5. The molecule has 0 aliphatic carbocycles. The molecule has 4 rings (SSSR count). The zero-order valence-corrected chi connectivity index (χ0v) is 24.4. The molecule has 12 nitrogen and oxygen atoms in total. The van der Waals surface area contributed by atoms with Gasteiger partial charge in [-0.1, -0.05) is 6.92 Å². The Labute approximate surface area is 239 Å². The van der Waals surface area contributed by atoms with Crippen LogP contribution in [0.4, 0.5) is 21.0 Å². The molecule has 5 N–H and O–H groups in total. The van der Waals surface area contributed by atoms with E-state index in [1.165, 1.54) is 4.90 Å². The van der Waals surface area contributed by atoms with E-state index >= 15 is 0 Å². The molecular weight excluding hydrogens is 524 g/mol. The summed E-state index contributed by atoms with van der Waals surface area (Å²) in [5, 5.41) is 21.8. The highest BCUT2D eigenvalue weighted by Gasteiger charge is 2.28. The predicted molar refractivity (Wildman–Crippen MR) is 158 cm³/mol. The molecule has 1 saturated heterocycles. The third-order valence-corrected chi connectivity index (χ3v) is 7.44. The van der Waals surface area contributed by atoms with Crippen LogP contribution in [0.2, 0.25) is 0 Å². The highest BCUT2D eigenvalue weighted by Crippen LogP contribution is 2.31. The van der Waals surface area contributed by atoms with Gasteiger partial charge in [0, 0.05) is 60.3 Å². The highest BCUT2D eigenvalue weighted by atomic mass is 16.4. The van der Waals surface area contributed by atoms with Crippen molar-refractivity contribution in [3.63, 3.8) is 0 Å². The SMILES string of the molecule is CCc1nc2c(cnn2CC)c(NC2CCN(C(N)=O)CC2)c1CNC(=O)c1ccc(N(C(=O)O)C(C)(C)C)cc1. The molecule has 1 aliphatic heterocycles. The Morgan fingerprint density at radius 2 is 1.78 bits per heavy atom. The molecule has 4 amide bonds. The molecule has 0 bridgehead atoms. The zero-order valence-electron chi connectivity index (χ0n) is 24.4. The smallest absolute Gasteiger partial charge is 0.412 e. The lowest BCUT2D eigenvalue weighted by Crippen LogP contribution is -2.45. The number of piperidine rings is 1. The number of hydrogen-bond donors (Lipinski definition) is 4. The first-order valence-electron chi connectivity index (χ1n) is 14.0. The van der Waals surface area contributed by atoms with Crippen LogP contribution in [0.25, 0.3) is 11.0 Å². The van der Waals surface area contributed by atoms with E-state index in [1.807, 2.05) is 39.3 Å². The fourth-order valence-corrected chi connectivity index (χ4v) is 5.32. The zero-order chi connectivity index (χ0) is 29.9. The number of aryl methyl sites for hydroxylation is 2. The number of rotatable bonds is 8. The number of primary amides is 1. The Bertz CT molecular complexity index is 1420. The third kappa shape index (κ3) is 6.36. The number of anilines is 2. The molecule has 0 atom stereocenters. The third-order valence-electron chi connectivity index (χ3n) is 7.44. The lowest BCUT2D eigenvalue weighted by Gasteiger charge is -2.33. The van der Waals surface area contributed by atoms with Gasteiger partial charge in [0.1, 0.15) is 0 Å². The van der Waals surface area contributed by atoms with E-state index in [0.717, 1.165) is 40.8 Å². The average molecular weight is 565 g/mol. The van der Waals surface area contributed by atoms with Gasteiger partial charge in [0.15, 0.2) is 5.65 Å². The number of carbonyl (C=O) groups is 3. The van der Waals surface area contributed by atoms with Crippen molar-refractivity contribution in [2.75, 3.05) is 23.3 Å². The first kappa shape index (κ1) is 29.6. The van der Waals surface area contributed by atoms with Crippen molar-refractivity contribution < 1.29 is 19.5 Å². The van der Waals surface area contributed by atoms with Crippen LogP contribution >= 0.6 is 0 Å². The summed E-state index contributed by atoms with van der Waals surface area (Å²) in [6, 6.07) is 6.26. The molecule has 41 heavy (non-hydrogen) atoms. The Morgan fingerprint density at radius 1 is 1.12 bits per heavy atom. The Kier molecular flexibility index (Phi) is 8.69. The van der Waals surface area contributed by atoms with Gasteiger partial charge in [0.2, 0.25) is 0 Å². The average Bonchev–Trinajstić information content (AvgIpc) is 3.34. The summed E-state index contributed by atoms with van der Waals surface area (Å²) in [6.45, 7) is 11.6. The van der Waals surface area contributed by atoms with Gasteiger partial charge < -0.3 is 26.4 Å². The number of amides is 4. The summed E-state index contributed by atoms with van der Waals surface area (Å²) in [4.78, 5) is 44.5. The molecular formula is C29H40N8O4. The first-order chi connectivity index (χ1) is 19.4. The monoisotopic (exact) mass is 564 g/mol. The minimum atomic E-state index is -1.06. The molecule has 0 unspecified atom stereocenters. The van der Waals surface area contributed by atoms with Crippen LogP contribution in [-0.4, -0.2) is 67.5 Å². The largest absolute Gasteiger partial charge is 0.465 e. The molecule has 3 aromatic rings. The van der Waals surface area contributed by atoms with Gasteiger partial charge in [0.25, 0.3) is 5.91 Å². The molecule has 0 saturated carbocycles. The molecule has 1 aromatic carbocycles. The summed E-state index contributed by atoms with van der Waals surface area (Å²) >= 11 is 0. The lowest BCUT2D eigenvalue weighted by atomic mass is 10.0. The van der Waals surface area contributed by atoms with Crippen molar-refractivity contribution >= 4 is 40.4 Å². The molecule has 0 radical (unpaired) electrons. The number of benzene rings is 1. The van der Waals surface area contributed by atoms with Crippen molar-refractivity contribution in [1.29, 1.82) is 0 Å². The minimum absolute atomic E-state index is 0.118. The van der Waals surface area contributed by atoms with Crippen LogP contribution in [-0.2, 0) is 19.5 Å². The van der Waals surface area contributed by atoms with Crippen LogP contribution in [0.1, 0.15) is 69.1 Å². The van der Waals surface area contributed by atoms with Crippen LogP contribution in [0.3, 0.4) is 0 Å². The lowest BCUT2D eigenvalue weighted by molar-refractivity contribution is 0.0951. The van der Waals surface area contributed by atoms with Crippen molar-refractivity contribution in [2.45, 2.75) is 78.6 Å². The number of nitrogens with one attached hydrogen (secondary N) is 2. The molecule has 3 heterocycles. The summed E-state index contributed by atoms with van der Waals surface area (Å²) in [5.74, 6) is -0.277. The second kappa shape index (κ2) is 12.0. The van der Waals surface area contributed by atoms with E-state index in [9.17, 15) is 19.5 Å². The summed E-state index contributed by atoms with van der Waals surface area (Å²) in [5.41, 5.74) is 9.18. The van der Waals surface area contributed by atoms with Gasteiger partial charge in [-0.3, -0.25) is 9.69 Å². The van der Waals surface area contributed by atoms with Crippen molar-refractivity contribution in [3.05, 3.63) is 47.3 Å². The Morgan fingerprint density at radius 3 is 2.32 bits per heavy atom. The number of nitrogens with two attached hydrogens (primary N) is 1. The van der Waals surface area contributed by atoms with E-state index in [0.29, 0.717) is 37.3 Å². The Balaban J connectivity index is 1.59. The van der Waals surface area contributed by atoms with E-state index in [4.69, 9.17) is 10.7 Å². The van der Waals surface area contributed by atoms with Crippen molar-refractivity contribution in [1.82, 2.24) is 25.0 Å². The number of urea groups is 1. The molecule has 1 fully saturated rings. The van der Waals surface area contributed by atoms with Crippen LogP contribution in [0, 0.1) is 0 Å². The maximum atomic E-state index is 13.2. The maximum absolute atomic E-state index is 13.2. The van der Waals surface area contributed by atoms with Crippen LogP contribution < -0.4 is 21.3 Å². The van der Waals surface area contributed by atoms with E-state index in [1.54, 1.807) is 35.4 Å². The maximum Gasteiger partial charge on any atom is 0.412 e. The predicted octanol–water partition coefficient (Wildman–Crippen LogP) is 4.18. The van der Waals surface area contributed by atoms with Gasteiger partial charge in [-0.25, -0.2) is 19.3 Å². The standard InChI is InChI=1S/C29H40N8O4/c1-6-23-21(16-31-26(38)18-8-10-20(11-9-18)37(28(40)41)29(3,4)5)24(22-17-32-36(7-2)25(22)34-23)33-19-12-14-35(15-13-19)27(30)39/h8-11,17,19H,6-7,12-16H2,1-5H3,(H2,30,39)(H,31,38)(H,33,34)(H,40,41). The number of fused-ring (bicyclic) bond motifs is 1. The number of pyridine rings is 1. The molecule has 12 heteroatoms.